The van der Waals surface area contributed by atoms with Crippen LogP contribution in [0.15, 0.2) is 30.6 Å². The van der Waals surface area contributed by atoms with E-state index in [4.69, 9.17) is 5.73 Å². The van der Waals surface area contributed by atoms with Crippen LogP contribution in [-0.2, 0) is 0 Å². The third-order valence-electron chi connectivity index (χ3n) is 2.20. The molecule has 0 bridgehead atoms. The van der Waals surface area contributed by atoms with Crippen LogP contribution in [0, 0.1) is 0 Å². The number of fused-ring (bicyclic) bond motifs is 1. The summed E-state index contributed by atoms with van der Waals surface area (Å²) < 4.78 is 0. The largest absolute Gasteiger partial charge is 0.369 e. The average Bonchev–Trinajstić information content (AvgIpc) is 2.30. The van der Waals surface area contributed by atoms with Crippen LogP contribution in [0.4, 0.5) is 5.82 Å². The fourth-order valence-corrected chi connectivity index (χ4v) is 1.45. The molecule has 0 amide bonds. The van der Waals surface area contributed by atoms with Crippen LogP contribution in [0.25, 0.3) is 10.9 Å². The quantitative estimate of drug-likeness (QED) is 0.735. The number of aromatic nitrogens is 2. The highest BCUT2D eigenvalue weighted by molar-refractivity contribution is 5.88. The van der Waals surface area contributed by atoms with Crippen LogP contribution < -0.4 is 11.1 Å². The van der Waals surface area contributed by atoms with Crippen molar-refractivity contribution in [1.29, 1.82) is 0 Å². The topological polar surface area (TPSA) is 63.8 Å². The molecular weight excluding hydrogens is 188 g/mol. The molecule has 0 radical (unpaired) electrons. The van der Waals surface area contributed by atoms with Crippen molar-refractivity contribution in [2.75, 3.05) is 18.4 Å². The van der Waals surface area contributed by atoms with Crippen LogP contribution in [0.3, 0.4) is 0 Å². The summed E-state index contributed by atoms with van der Waals surface area (Å²) in [5, 5.41) is 4.31. The number of rotatable bonds is 4. The minimum atomic E-state index is 0.690. The van der Waals surface area contributed by atoms with Crippen LogP contribution in [0.2, 0.25) is 0 Å². The van der Waals surface area contributed by atoms with Gasteiger partial charge in [0.2, 0.25) is 0 Å². The Hall–Kier alpha value is -1.68. The molecule has 2 heterocycles. The zero-order chi connectivity index (χ0) is 10.5. The molecule has 0 aliphatic carbocycles. The third-order valence-corrected chi connectivity index (χ3v) is 2.20. The molecule has 2 aromatic heterocycles. The molecule has 0 unspecified atom stereocenters. The standard InChI is InChI=1S/C11H14N4/c12-5-2-7-14-11-9-3-1-6-13-10(9)4-8-15-11/h1,3-4,6,8H,2,5,7,12H2,(H,14,15). The fourth-order valence-electron chi connectivity index (χ4n) is 1.45. The van der Waals surface area contributed by atoms with E-state index in [1.807, 2.05) is 18.2 Å². The molecule has 3 N–H and O–H groups in total. The zero-order valence-electron chi connectivity index (χ0n) is 8.48. The van der Waals surface area contributed by atoms with Crippen molar-refractivity contribution >= 4 is 16.7 Å². The Morgan fingerprint density at radius 3 is 3.00 bits per heavy atom. The monoisotopic (exact) mass is 202 g/mol. The maximum absolute atomic E-state index is 5.43. The molecule has 4 heteroatoms. The molecular formula is C11H14N4. The van der Waals surface area contributed by atoms with E-state index in [0.29, 0.717) is 6.54 Å². The molecule has 0 saturated carbocycles. The lowest BCUT2D eigenvalue weighted by Crippen LogP contribution is -2.09. The summed E-state index contributed by atoms with van der Waals surface area (Å²) in [7, 11) is 0. The first-order chi connectivity index (χ1) is 7.42. The normalized spacial score (nSPS) is 10.5. The molecule has 0 aliphatic rings. The van der Waals surface area contributed by atoms with Gasteiger partial charge in [-0.1, -0.05) is 0 Å². The highest BCUT2D eigenvalue weighted by Gasteiger charge is 2.00. The molecule has 0 fully saturated rings. The third kappa shape index (κ3) is 2.22. The smallest absolute Gasteiger partial charge is 0.135 e. The Morgan fingerprint density at radius 1 is 1.20 bits per heavy atom. The van der Waals surface area contributed by atoms with E-state index < -0.39 is 0 Å². The van der Waals surface area contributed by atoms with E-state index in [1.54, 1.807) is 12.4 Å². The van der Waals surface area contributed by atoms with Gasteiger partial charge in [-0.15, -0.1) is 0 Å². The second-order valence-corrected chi connectivity index (χ2v) is 3.30. The number of nitrogens with zero attached hydrogens (tertiary/aromatic N) is 2. The second kappa shape index (κ2) is 4.70. The number of hydrogen-bond donors (Lipinski definition) is 2. The molecule has 4 nitrogen and oxygen atoms in total. The Labute approximate surface area is 88.5 Å². The van der Waals surface area contributed by atoms with Crippen molar-refractivity contribution in [3.05, 3.63) is 30.6 Å². The van der Waals surface area contributed by atoms with Gasteiger partial charge in [0.25, 0.3) is 0 Å². The van der Waals surface area contributed by atoms with E-state index >= 15 is 0 Å². The molecule has 0 aliphatic heterocycles. The van der Waals surface area contributed by atoms with Gasteiger partial charge in [-0.05, 0) is 31.2 Å². The van der Waals surface area contributed by atoms with Gasteiger partial charge >= 0.3 is 0 Å². The molecule has 2 aromatic rings. The second-order valence-electron chi connectivity index (χ2n) is 3.30. The summed E-state index contributed by atoms with van der Waals surface area (Å²) >= 11 is 0. The number of hydrogen-bond acceptors (Lipinski definition) is 4. The Kier molecular flexibility index (Phi) is 3.09. The lowest BCUT2D eigenvalue weighted by Gasteiger charge is -2.06. The summed E-state index contributed by atoms with van der Waals surface area (Å²) in [4.78, 5) is 8.55. The maximum Gasteiger partial charge on any atom is 0.135 e. The Bertz CT molecular complexity index is 436. The highest BCUT2D eigenvalue weighted by atomic mass is 15.0. The number of pyridine rings is 2. The lowest BCUT2D eigenvalue weighted by molar-refractivity contribution is 0.871. The van der Waals surface area contributed by atoms with E-state index in [-0.39, 0.29) is 0 Å². The molecule has 2 rings (SSSR count). The molecule has 0 saturated heterocycles. The summed E-state index contributed by atoms with van der Waals surface area (Å²) in [6.07, 6.45) is 4.49. The predicted molar refractivity (Wildman–Crippen MR) is 61.7 cm³/mol. The molecule has 0 atom stereocenters. The first-order valence-corrected chi connectivity index (χ1v) is 5.05. The van der Waals surface area contributed by atoms with Gasteiger partial charge in [0, 0.05) is 24.3 Å². The number of nitrogens with two attached hydrogens (primary N) is 1. The first-order valence-electron chi connectivity index (χ1n) is 5.05. The average molecular weight is 202 g/mol. The first kappa shape index (κ1) is 9.86. The van der Waals surface area contributed by atoms with Crippen LogP contribution >= 0.6 is 0 Å². The van der Waals surface area contributed by atoms with Crippen molar-refractivity contribution in [2.24, 2.45) is 5.73 Å². The summed E-state index contributed by atoms with van der Waals surface area (Å²) in [6, 6.07) is 5.84. The van der Waals surface area contributed by atoms with Crippen molar-refractivity contribution in [3.8, 4) is 0 Å². The van der Waals surface area contributed by atoms with Gasteiger partial charge in [0.05, 0.1) is 5.52 Å². The van der Waals surface area contributed by atoms with Crippen molar-refractivity contribution < 1.29 is 0 Å². The van der Waals surface area contributed by atoms with E-state index in [1.165, 1.54) is 0 Å². The Morgan fingerprint density at radius 2 is 2.13 bits per heavy atom. The minimum absolute atomic E-state index is 0.690. The van der Waals surface area contributed by atoms with Gasteiger partial charge in [0.1, 0.15) is 5.82 Å². The van der Waals surface area contributed by atoms with Gasteiger partial charge in [-0.2, -0.15) is 0 Å². The van der Waals surface area contributed by atoms with E-state index in [2.05, 4.69) is 15.3 Å². The van der Waals surface area contributed by atoms with Crippen molar-refractivity contribution in [1.82, 2.24) is 9.97 Å². The van der Waals surface area contributed by atoms with Crippen molar-refractivity contribution in [3.63, 3.8) is 0 Å². The minimum Gasteiger partial charge on any atom is -0.369 e. The predicted octanol–water partition coefficient (Wildman–Crippen LogP) is 1.39. The van der Waals surface area contributed by atoms with Crippen LogP contribution in [-0.4, -0.2) is 23.1 Å². The molecule has 0 aromatic carbocycles. The van der Waals surface area contributed by atoms with Crippen molar-refractivity contribution in [2.45, 2.75) is 6.42 Å². The molecule has 78 valence electrons. The maximum atomic E-state index is 5.43. The zero-order valence-corrected chi connectivity index (χ0v) is 8.48. The fraction of sp³-hybridized carbons (Fsp3) is 0.273. The lowest BCUT2D eigenvalue weighted by atomic mass is 10.2. The molecule has 15 heavy (non-hydrogen) atoms. The Balaban J connectivity index is 2.26. The van der Waals surface area contributed by atoms with E-state index in [0.717, 1.165) is 29.7 Å². The highest BCUT2D eigenvalue weighted by Crippen LogP contribution is 2.17. The molecule has 0 spiro atoms. The van der Waals surface area contributed by atoms with E-state index in [9.17, 15) is 0 Å². The van der Waals surface area contributed by atoms with Gasteiger partial charge in [-0.25, -0.2) is 4.98 Å². The summed E-state index contributed by atoms with van der Waals surface area (Å²) in [5.74, 6) is 0.883. The summed E-state index contributed by atoms with van der Waals surface area (Å²) in [6.45, 7) is 1.54. The van der Waals surface area contributed by atoms with Gasteiger partial charge in [-0.3, -0.25) is 4.98 Å². The van der Waals surface area contributed by atoms with Gasteiger partial charge in [0.15, 0.2) is 0 Å². The van der Waals surface area contributed by atoms with Crippen LogP contribution in [0.5, 0.6) is 0 Å². The number of nitrogens with one attached hydrogen (secondary N) is 1. The SMILES string of the molecule is NCCCNc1nccc2ncccc12. The number of anilines is 1. The van der Waals surface area contributed by atoms with Crippen LogP contribution in [0.1, 0.15) is 6.42 Å². The summed E-state index contributed by atoms with van der Waals surface area (Å²) in [5.41, 5.74) is 6.39. The van der Waals surface area contributed by atoms with Gasteiger partial charge < -0.3 is 11.1 Å².